The molecule has 1 aliphatic heterocycles. The molecule has 4 nitrogen and oxygen atoms in total. The average molecular weight is 240 g/mol. The van der Waals surface area contributed by atoms with Crippen LogP contribution in [0, 0.1) is 5.92 Å². The van der Waals surface area contributed by atoms with Crippen molar-refractivity contribution in [2.45, 2.75) is 44.8 Å². The molecule has 1 N–H and O–H groups in total. The largest absolute Gasteiger partial charge is 0.372 e. The van der Waals surface area contributed by atoms with Crippen molar-refractivity contribution < 1.29 is 9.53 Å². The molecule has 1 heterocycles. The summed E-state index contributed by atoms with van der Waals surface area (Å²) < 4.78 is 5.07. The van der Waals surface area contributed by atoms with Crippen molar-refractivity contribution in [3.8, 4) is 0 Å². The number of hydrogen-bond acceptors (Lipinski definition) is 3. The summed E-state index contributed by atoms with van der Waals surface area (Å²) in [7, 11) is 1.59. The van der Waals surface area contributed by atoms with Crippen LogP contribution in [0.2, 0.25) is 0 Å². The quantitative estimate of drug-likeness (QED) is 0.780. The smallest absolute Gasteiger partial charge is 0.251 e. The molecule has 0 aromatic carbocycles. The SMILES string of the molecule is COC(C)C(=O)N1CCC(NCC2CC2)CC1. The molecule has 0 aromatic heterocycles. The lowest BCUT2D eigenvalue weighted by atomic mass is 10.0. The van der Waals surface area contributed by atoms with E-state index in [9.17, 15) is 4.79 Å². The zero-order chi connectivity index (χ0) is 12.3. The minimum absolute atomic E-state index is 0.133. The Morgan fingerprint density at radius 2 is 2.00 bits per heavy atom. The standard InChI is InChI=1S/C13H24N2O2/c1-10(17-2)13(16)15-7-5-12(6-8-15)14-9-11-3-4-11/h10-12,14H,3-9H2,1-2H3. The summed E-state index contributed by atoms with van der Waals surface area (Å²) in [6, 6.07) is 0.609. The Hall–Kier alpha value is -0.610. The lowest BCUT2D eigenvalue weighted by Gasteiger charge is -2.33. The van der Waals surface area contributed by atoms with Crippen LogP contribution in [-0.2, 0) is 9.53 Å². The predicted octanol–water partition coefficient (Wildman–Crippen LogP) is 1.01. The van der Waals surface area contributed by atoms with Gasteiger partial charge < -0.3 is 15.0 Å². The van der Waals surface area contributed by atoms with Crippen LogP contribution in [0.25, 0.3) is 0 Å². The molecule has 1 unspecified atom stereocenters. The Labute approximate surface area is 104 Å². The first-order valence-corrected chi connectivity index (χ1v) is 6.75. The van der Waals surface area contributed by atoms with Gasteiger partial charge in [-0.25, -0.2) is 0 Å². The monoisotopic (exact) mass is 240 g/mol. The summed E-state index contributed by atoms with van der Waals surface area (Å²) in [4.78, 5) is 13.8. The highest BCUT2D eigenvalue weighted by atomic mass is 16.5. The van der Waals surface area contributed by atoms with Crippen molar-refractivity contribution in [2.75, 3.05) is 26.7 Å². The van der Waals surface area contributed by atoms with E-state index in [1.54, 1.807) is 7.11 Å². The molecule has 1 amide bonds. The third-order valence-electron chi connectivity index (χ3n) is 3.90. The predicted molar refractivity (Wildman–Crippen MR) is 66.8 cm³/mol. The van der Waals surface area contributed by atoms with E-state index in [2.05, 4.69) is 5.32 Å². The fraction of sp³-hybridized carbons (Fsp3) is 0.923. The Morgan fingerprint density at radius 1 is 1.35 bits per heavy atom. The maximum absolute atomic E-state index is 11.9. The molecule has 98 valence electrons. The fourth-order valence-electron chi connectivity index (χ4n) is 2.32. The number of hydrogen-bond donors (Lipinski definition) is 1. The molecule has 2 aliphatic rings. The third kappa shape index (κ3) is 3.68. The van der Waals surface area contributed by atoms with E-state index in [-0.39, 0.29) is 12.0 Å². The number of carbonyl (C=O) groups excluding carboxylic acids is 1. The summed E-state index contributed by atoms with van der Waals surface area (Å²) in [5.41, 5.74) is 0. The number of amides is 1. The first kappa shape index (κ1) is 12.8. The number of rotatable bonds is 5. The summed E-state index contributed by atoms with van der Waals surface area (Å²) in [6.07, 6.45) is 4.65. The highest BCUT2D eigenvalue weighted by Crippen LogP contribution is 2.28. The van der Waals surface area contributed by atoms with Gasteiger partial charge in [0.2, 0.25) is 0 Å². The normalized spacial score (nSPS) is 23.8. The van der Waals surface area contributed by atoms with Crippen LogP contribution in [0.1, 0.15) is 32.6 Å². The van der Waals surface area contributed by atoms with Gasteiger partial charge in [-0.2, -0.15) is 0 Å². The van der Waals surface area contributed by atoms with Crippen LogP contribution in [0.5, 0.6) is 0 Å². The highest BCUT2D eigenvalue weighted by Gasteiger charge is 2.27. The van der Waals surface area contributed by atoms with Crippen LogP contribution in [0.4, 0.5) is 0 Å². The van der Waals surface area contributed by atoms with Gasteiger partial charge in [0, 0.05) is 26.2 Å². The van der Waals surface area contributed by atoms with Crippen LogP contribution < -0.4 is 5.32 Å². The first-order valence-electron chi connectivity index (χ1n) is 6.75. The van der Waals surface area contributed by atoms with E-state index >= 15 is 0 Å². The fourth-order valence-corrected chi connectivity index (χ4v) is 2.32. The third-order valence-corrected chi connectivity index (χ3v) is 3.90. The van der Waals surface area contributed by atoms with E-state index in [0.29, 0.717) is 6.04 Å². The second-order valence-corrected chi connectivity index (χ2v) is 5.33. The van der Waals surface area contributed by atoms with E-state index in [0.717, 1.165) is 31.8 Å². The highest BCUT2D eigenvalue weighted by molar-refractivity contribution is 5.80. The van der Waals surface area contributed by atoms with E-state index < -0.39 is 0 Å². The van der Waals surface area contributed by atoms with Gasteiger partial charge in [0.15, 0.2) is 0 Å². The molecule has 0 aromatic rings. The topological polar surface area (TPSA) is 41.6 Å². The zero-order valence-corrected chi connectivity index (χ0v) is 10.9. The van der Waals surface area contributed by atoms with Crippen LogP contribution in [0.15, 0.2) is 0 Å². The minimum Gasteiger partial charge on any atom is -0.372 e. The van der Waals surface area contributed by atoms with Gasteiger partial charge in [0.25, 0.3) is 5.91 Å². The molecule has 1 saturated heterocycles. The van der Waals surface area contributed by atoms with Gasteiger partial charge in [-0.3, -0.25) is 4.79 Å². The molecular formula is C13H24N2O2. The van der Waals surface area contributed by atoms with Crippen molar-refractivity contribution >= 4 is 5.91 Å². The summed E-state index contributed by atoms with van der Waals surface area (Å²) in [5.74, 6) is 1.07. The first-order chi connectivity index (χ1) is 8.20. The summed E-state index contributed by atoms with van der Waals surface area (Å²) in [5, 5.41) is 3.62. The Morgan fingerprint density at radius 3 is 2.53 bits per heavy atom. The maximum Gasteiger partial charge on any atom is 0.251 e. The summed E-state index contributed by atoms with van der Waals surface area (Å²) in [6.45, 7) is 4.73. The van der Waals surface area contributed by atoms with E-state index in [4.69, 9.17) is 4.74 Å². The number of nitrogens with zero attached hydrogens (tertiary/aromatic N) is 1. The molecule has 1 atom stereocenters. The Bertz CT molecular complexity index is 258. The van der Waals surface area contributed by atoms with Gasteiger partial charge in [-0.05, 0) is 45.1 Å². The van der Waals surface area contributed by atoms with Gasteiger partial charge >= 0.3 is 0 Å². The number of nitrogens with one attached hydrogen (secondary N) is 1. The molecule has 2 rings (SSSR count). The minimum atomic E-state index is -0.300. The second kappa shape index (κ2) is 5.83. The number of piperidine rings is 1. The van der Waals surface area contributed by atoms with Crippen molar-refractivity contribution in [2.24, 2.45) is 5.92 Å². The van der Waals surface area contributed by atoms with Gasteiger partial charge in [-0.1, -0.05) is 0 Å². The molecule has 0 spiro atoms. The lowest BCUT2D eigenvalue weighted by Crippen LogP contribution is -2.48. The summed E-state index contributed by atoms with van der Waals surface area (Å²) >= 11 is 0. The van der Waals surface area contributed by atoms with Gasteiger partial charge in [0.05, 0.1) is 0 Å². The van der Waals surface area contributed by atoms with Crippen molar-refractivity contribution in [3.63, 3.8) is 0 Å². The van der Waals surface area contributed by atoms with Gasteiger partial charge in [-0.15, -0.1) is 0 Å². The molecule has 0 radical (unpaired) electrons. The average Bonchev–Trinajstić information content (AvgIpc) is 3.19. The molecule has 4 heteroatoms. The van der Waals surface area contributed by atoms with E-state index in [1.807, 2.05) is 11.8 Å². The van der Waals surface area contributed by atoms with Crippen molar-refractivity contribution in [1.29, 1.82) is 0 Å². The number of carbonyl (C=O) groups is 1. The van der Waals surface area contributed by atoms with Crippen LogP contribution in [0.3, 0.4) is 0 Å². The molecule has 2 fully saturated rings. The Kier molecular flexibility index (Phi) is 4.40. The Balaban J connectivity index is 1.67. The van der Waals surface area contributed by atoms with Crippen molar-refractivity contribution in [1.82, 2.24) is 10.2 Å². The maximum atomic E-state index is 11.9. The second-order valence-electron chi connectivity index (χ2n) is 5.33. The van der Waals surface area contributed by atoms with E-state index in [1.165, 1.54) is 19.4 Å². The molecule has 17 heavy (non-hydrogen) atoms. The zero-order valence-electron chi connectivity index (χ0n) is 10.9. The van der Waals surface area contributed by atoms with Crippen LogP contribution >= 0.6 is 0 Å². The molecule has 0 bridgehead atoms. The number of methoxy groups -OCH3 is 1. The number of ether oxygens (including phenoxy) is 1. The molecule has 1 saturated carbocycles. The molecular weight excluding hydrogens is 216 g/mol. The lowest BCUT2D eigenvalue weighted by molar-refractivity contribution is -0.142. The van der Waals surface area contributed by atoms with Crippen molar-refractivity contribution in [3.05, 3.63) is 0 Å². The molecule has 1 aliphatic carbocycles. The van der Waals surface area contributed by atoms with Gasteiger partial charge in [0.1, 0.15) is 6.10 Å². The van der Waals surface area contributed by atoms with Crippen LogP contribution in [-0.4, -0.2) is 49.7 Å². The number of likely N-dealkylation sites (tertiary alicyclic amines) is 1.